The third-order valence-electron chi connectivity index (χ3n) is 6.06. The Balaban J connectivity index is 1.41. The smallest absolute Gasteiger partial charge is 0.262 e. The van der Waals surface area contributed by atoms with E-state index in [1.165, 1.54) is 36.1 Å². The van der Waals surface area contributed by atoms with E-state index in [2.05, 4.69) is 39.5 Å². The zero-order valence-electron chi connectivity index (χ0n) is 18.9. The van der Waals surface area contributed by atoms with Crippen LogP contribution < -0.4 is 10.9 Å². The van der Waals surface area contributed by atoms with Gasteiger partial charge in [-0.2, -0.15) is 0 Å². The number of fused-ring (bicyclic) bond motifs is 1. The molecular formula is C25H30N4O3S. The second kappa shape index (κ2) is 10.9. The number of methoxy groups -OCH3 is 1. The van der Waals surface area contributed by atoms with Gasteiger partial charge >= 0.3 is 0 Å². The molecular weight excluding hydrogens is 436 g/mol. The number of carbonyl (C=O) groups excluding carboxylic acids is 1. The molecule has 2 aromatic carbocycles. The summed E-state index contributed by atoms with van der Waals surface area (Å²) in [5, 5.41) is 3.47. The lowest BCUT2D eigenvalue weighted by Gasteiger charge is -2.14. The lowest BCUT2D eigenvalue weighted by molar-refractivity contribution is 0.0951. The number of benzene rings is 2. The number of nitrogens with one attached hydrogen (secondary N) is 2. The molecule has 4 rings (SSSR count). The molecule has 1 fully saturated rings. The summed E-state index contributed by atoms with van der Waals surface area (Å²) in [4.78, 5) is 31.1. The van der Waals surface area contributed by atoms with Crippen molar-refractivity contribution in [2.75, 3.05) is 26.8 Å². The minimum Gasteiger partial charge on any atom is -0.385 e. The first-order valence-electron chi connectivity index (χ1n) is 11.4. The molecule has 2 heterocycles. The van der Waals surface area contributed by atoms with Gasteiger partial charge in [0.25, 0.3) is 11.5 Å². The van der Waals surface area contributed by atoms with E-state index in [4.69, 9.17) is 17.0 Å². The van der Waals surface area contributed by atoms with E-state index in [0.717, 1.165) is 12.1 Å². The highest BCUT2D eigenvalue weighted by Crippen LogP contribution is 2.14. The van der Waals surface area contributed by atoms with Crippen LogP contribution in [0.2, 0.25) is 0 Å². The maximum atomic E-state index is 12.8. The lowest BCUT2D eigenvalue weighted by atomic mass is 10.1. The van der Waals surface area contributed by atoms with Crippen molar-refractivity contribution in [1.82, 2.24) is 19.8 Å². The molecule has 0 aliphatic carbocycles. The highest BCUT2D eigenvalue weighted by atomic mass is 32.1. The van der Waals surface area contributed by atoms with Gasteiger partial charge in [0.05, 0.1) is 10.9 Å². The molecule has 0 bridgehead atoms. The number of hydrogen-bond donors (Lipinski definition) is 2. The number of H-pyrrole nitrogens is 1. The standard InChI is InChI=1S/C25H30N4O3S/c1-32-14-4-13-29-24(31)21-10-9-20(15-22(21)27-25(29)33)23(30)26-16-18-5-7-19(8-6-18)17-28-11-2-3-12-28/h5-10,15H,2-4,11-14,16-17H2,1H3,(H,26,30)(H,27,33). The predicted octanol–water partition coefficient (Wildman–Crippen LogP) is 3.62. The van der Waals surface area contributed by atoms with Crippen molar-refractivity contribution < 1.29 is 9.53 Å². The molecule has 2 N–H and O–H groups in total. The Kier molecular flexibility index (Phi) is 7.69. The van der Waals surface area contributed by atoms with Crippen LogP contribution in [0.5, 0.6) is 0 Å². The first kappa shape index (κ1) is 23.4. The molecule has 1 aromatic heterocycles. The van der Waals surface area contributed by atoms with E-state index >= 15 is 0 Å². The molecule has 174 valence electrons. The van der Waals surface area contributed by atoms with Crippen molar-refractivity contribution in [2.24, 2.45) is 0 Å². The van der Waals surface area contributed by atoms with E-state index < -0.39 is 0 Å². The first-order chi connectivity index (χ1) is 16.0. The molecule has 0 saturated carbocycles. The van der Waals surface area contributed by atoms with Gasteiger partial charge in [0.2, 0.25) is 0 Å². The van der Waals surface area contributed by atoms with Gasteiger partial charge in [-0.05, 0) is 73.9 Å². The fourth-order valence-electron chi connectivity index (χ4n) is 4.21. The van der Waals surface area contributed by atoms with Gasteiger partial charge in [0, 0.05) is 38.9 Å². The maximum Gasteiger partial charge on any atom is 0.262 e. The second-order valence-corrected chi connectivity index (χ2v) is 8.86. The Morgan fingerprint density at radius 1 is 1.12 bits per heavy atom. The number of hydrogen-bond acceptors (Lipinski definition) is 5. The largest absolute Gasteiger partial charge is 0.385 e. The minimum absolute atomic E-state index is 0.161. The fraction of sp³-hybridized carbons (Fsp3) is 0.400. The van der Waals surface area contributed by atoms with Gasteiger partial charge in [-0.25, -0.2) is 0 Å². The molecule has 1 aliphatic rings. The molecule has 0 atom stereocenters. The second-order valence-electron chi connectivity index (χ2n) is 8.48. The Hall–Kier alpha value is -2.81. The Morgan fingerprint density at radius 3 is 2.58 bits per heavy atom. The predicted molar refractivity (Wildman–Crippen MR) is 132 cm³/mol. The van der Waals surface area contributed by atoms with Gasteiger partial charge in [-0.1, -0.05) is 24.3 Å². The summed E-state index contributed by atoms with van der Waals surface area (Å²) >= 11 is 5.36. The van der Waals surface area contributed by atoms with E-state index in [1.54, 1.807) is 25.3 Å². The molecule has 33 heavy (non-hydrogen) atoms. The molecule has 1 aliphatic heterocycles. The third kappa shape index (κ3) is 5.76. The number of amides is 1. The average molecular weight is 467 g/mol. The van der Waals surface area contributed by atoms with Crippen molar-refractivity contribution in [3.8, 4) is 0 Å². The third-order valence-corrected chi connectivity index (χ3v) is 6.38. The minimum atomic E-state index is -0.193. The summed E-state index contributed by atoms with van der Waals surface area (Å²) < 4.78 is 6.93. The van der Waals surface area contributed by atoms with Gasteiger partial charge in [0.1, 0.15) is 0 Å². The molecule has 0 unspecified atom stereocenters. The summed E-state index contributed by atoms with van der Waals surface area (Å²) in [6.45, 7) is 4.82. The molecule has 7 nitrogen and oxygen atoms in total. The van der Waals surface area contributed by atoms with E-state index in [-0.39, 0.29) is 11.5 Å². The lowest BCUT2D eigenvalue weighted by Crippen LogP contribution is -2.25. The Labute approximate surface area is 198 Å². The maximum absolute atomic E-state index is 12.8. The first-order valence-corrected chi connectivity index (χ1v) is 11.8. The molecule has 8 heteroatoms. The monoisotopic (exact) mass is 466 g/mol. The van der Waals surface area contributed by atoms with Crippen LogP contribution in [0.25, 0.3) is 10.9 Å². The van der Waals surface area contributed by atoms with Crippen molar-refractivity contribution >= 4 is 29.0 Å². The Bertz CT molecular complexity index is 1230. The highest BCUT2D eigenvalue weighted by molar-refractivity contribution is 7.71. The number of rotatable bonds is 9. The fourth-order valence-corrected chi connectivity index (χ4v) is 4.50. The molecule has 0 spiro atoms. The number of aromatic nitrogens is 2. The quantitative estimate of drug-likeness (QED) is 0.372. The average Bonchev–Trinajstić information content (AvgIpc) is 3.33. The SMILES string of the molecule is COCCCn1c(=S)[nH]c2cc(C(=O)NCc3ccc(CN4CCCC4)cc3)ccc2c1=O. The van der Waals surface area contributed by atoms with Crippen LogP contribution in [0.4, 0.5) is 0 Å². The summed E-state index contributed by atoms with van der Waals surface area (Å²) in [5.74, 6) is -0.193. The number of aromatic amines is 1. The van der Waals surface area contributed by atoms with Crippen molar-refractivity contribution in [2.45, 2.75) is 38.9 Å². The van der Waals surface area contributed by atoms with Crippen LogP contribution in [-0.4, -0.2) is 47.2 Å². The number of carbonyl (C=O) groups is 1. The molecule has 3 aromatic rings. The molecule has 0 radical (unpaired) electrons. The van der Waals surface area contributed by atoms with Gasteiger partial charge in [-0.3, -0.25) is 19.1 Å². The van der Waals surface area contributed by atoms with Crippen LogP contribution in [0.1, 0.15) is 40.7 Å². The zero-order chi connectivity index (χ0) is 23.2. The normalized spacial score (nSPS) is 14.1. The molecule has 1 amide bonds. The highest BCUT2D eigenvalue weighted by Gasteiger charge is 2.12. The Morgan fingerprint density at radius 2 is 1.85 bits per heavy atom. The molecule has 1 saturated heterocycles. The van der Waals surface area contributed by atoms with Crippen LogP contribution in [0, 0.1) is 4.77 Å². The van der Waals surface area contributed by atoms with E-state index in [9.17, 15) is 9.59 Å². The number of likely N-dealkylation sites (tertiary alicyclic amines) is 1. The number of ether oxygens (including phenoxy) is 1. The van der Waals surface area contributed by atoms with Crippen molar-refractivity contribution in [1.29, 1.82) is 0 Å². The van der Waals surface area contributed by atoms with Crippen molar-refractivity contribution in [3.05, 3.63) is 74.3 Å². The van der Waals surface area contributed by atoms with E-state index in [1.807, 2.05) is 0 Å². The summed E-state index contributed by atoms with van der Waals surface area (Å²) in [7, 11) is 1.63. The summed E-state index contributed by atoms with van der Waals surface area (Å²) in [6, 6.07) is 13.4. The zero-order valence-corrected chi connectivity index (χ0v) is 19.7. The topological polar surface area (TPSA) is 79.4 Å². The van der Waals surface area contributed by atoms with Gasteiger partial charge < -0.3 is 15.0 Å². The summed E-state index contributed by atoms with van der Waals surface area (Å²) in [6.07, 6.45) is 3.27. The number of nitrogens with zero attached hydrogens (tertiary/aromatic N) is 2. The summed E-state index contributed by atoms with van der Waals surface area (Å²) in [5.41, 5.74) is 3.23. The van der Waals surface area contributed by atoms with Gasteiger partial charge in [0.15, 0.2) is 4.77 Å². The van der Waals surface area contributed by atoms with Crippen LogP contribution >= 0.6 is 12.2 Å². The van der Waals surface area contributed by atoms with Crippen LogP contribution in [-0.2, 0) is 24.4 Å². The van der Waals surface area contributed by atoms with Gasteiger partial charge in [-0.15, -0.1) is 0 Å². The van der Waals surface area contributed by atoms with Crippen LogP contribution in [0.15, 0.2) is 47.3 Å². The van der Waals surface area contributed by atoms with Crippen LogP contribution in [0.3, 0.4) is 0 Å². The van der Waals surface area contributed by atoms with Crippen molar-refractivity contribution in [3.63, 3.8) is 0 Å². The van der Waals surface area contributed by atoms with E-state index in [0.29, 0.717) is 47.4 Å².